The number of amides is 3. The number of ether oxygens (including phenoxy) is 2. The number of anilines is 1. The van der Waals surface area contributed by atoms with Crippen molar-refractivity contribution in [1.29, 1.82) is 0 Å². The van der Waals surface area contributed by atoms with E-state index in [1.807, 2.05) is 25.1 Å². The van der Waals surface area contributed by atoms with Crippen LogP contribution in [0.1, 0.15) is 79.8 Å². The first-order valence-electron chi connectivity index (χ1n) is 18.1. The summed E-state index contributed by atoms with van der Waals surface area (Å²) in [6.45, 7) is 3.94. The third kappa shape index (κ3) is 7.43. The van der Waals surface area contributed by atoms with Gasteiger partial charge in [0.25, 0.3) is 5.91 Å². The van der Waals surface area contributed by atoms with Gasteiger partial charge in [0.2, 0.25) is 0 Å². The molecular weight excluding hydrogens is 676 g/mol. The summed E-state index contributed by atoms with van der Waals surface area (Å²) in [7, 11) is -1.76. The van der Waals surface area contributed by atoms with Gasteiger partial charge in [0.05, 0.1) is 30.3 Å². The highest BCUT2D eigenvalue weighted by molar-refractivity contribution is 7.92. The molecule has 2 heterocycles. The Morgan fingerprint density at radius 3 is 2.80 bits per heavy atom. The molecule has 2 fully saturated rings. The van der Waals surface area contributed by atoms with Gasteiger partial charge in [-0.1, -0.05) is 36.7 Å². The fourth-order valence-corrected chi connectivity index (χ4v) is 10.8. The largest absolute Gasteiger partial charge is 0.490 e. The fourth-order valence-electron chi connectivity index (χ4n) is 8.82. The van der Waals surface area contributed by atoms with Gasteiger partial charge in [0.1, 0.15) is 15.7 Å². The number of carbonyl (C=O) groups excluding carboxylic acids is 2. The first-order chi connectivity index (χ1) is 24.0. The summed E-state index contributed by atoms with van der Waals surface area (Å²) in [6, 6.07) is 10.7. The van der Waals surface area contributed by atoms with Crippen LogP contribution in [-0.4, -0.2) is 72.1 Å². The van der Waals surface area contributed by atoms with Gasteiger partial charge in [0.15, 0.2) is 0 Å². The number of hydrogen-bond donors (Lipinski definition) is 3. The molecule has 2 aromatic carbocycles. The first-order valence-corrected chi connectivity index (χ1v) is 20.1. The first kappa shape index (κ1) is 35.3. The molecule has 7 rings (SSSR count). The van der Waals surface area contributed by atoms with E-state index in [1.165, 1.54) is 11.1 Å². The van der Waals surface area contributed by atoms with E-state index in [0.717, 1.165) is 49.4 Å². The quantitative estimate of drug-likeness (QED) is 0.322. The van der Waals surface area contributed by atoms with E-state index in [9.17, 15) is 18.9 Å². The summed E-state index contributed by atoms with van der Waals surface area (Å²) < 4.78 is 33.9. The van der Waals surface area contributed by atoms with E-state index >= 15 is 0 Å². The van der Waals surface area contributed by atoms with Gasteiger partial charge in [-0.15, -0.1) is 4.36 Å². The van der Waals surface area contributed by atoms with Gasteiger partial charge in [-0.2, -0.15) is 0 Å². The second kappa shape index (κ2) is 14.5. The van der Waals surface area contributed by atoms with Gasteiger partial charge in [-0.25, -0.2) is 9.00 Å². The summed E-state index contributed by atoms with van der Waals surface area (Å²) in [5.41, 5.74) is 3.38. The van der Waals surface area contributed by atoms with Gasteiger partial charge in [0, 0.05) is 42.2 Å². The summed E-state index contributed by atoms with van der Waals surface area (Å²) in [5, 5.41) is 13.5. The smallest absolute Gasteiger partial charge is 0.327 e. The maximum absolute atomic E-state index is 14.4. The molecular formula is C38H49ClN4O6S. The Bertz CT molecular complexity index is 1780. The normalized spacial score (nSPS) is 34.6. The van der Waals surface area contributed by atoms with E-state index in [4.69, 9.17) is 21.1 Å². The lowest BCUT2D eigenvalue weighted by molar-refractivity contribution is 0.0131. The molecule has 3 N–H and O–H groups in total. The summed E-state index contributed by atoms with van der Waals surface area (Å²) in [4.78, 5) is 29.4. The number of aliphatic hydroxyl groups excluding tert-OH is 1. The molecule has 0 unspecified atom stereocenters. The van der Waals surface area contributed by atoms with Crippen molar-refractivity contribution in [1.82, 2.24) is 10.0 Å². The van der Waals surface area contributed by atoms with Crippen LogP contribution in [0.25, 0.3) is 0 Å². The van der Waals surface area contributed by atoms with Crippen LogP contribution in [0.2, 0.25) is 5.02 Å². The zero-order valence-electron chi connectivity index (χ0n) is 28.9. The van der Waals surface area contributed by atoms with Crippen LogP contribution in [0.4, 0.5) is 10.5 Å². The fraction of sp³-hybridized carbons (Fsp3) is 0.579. The van der Waals surface area contributed by atoms with E-state index in [1.54, 1.807) is 13.2 Å². The number of aliphatic hydroxyl groups is 1. The van der Waals surface area contributed by atoms with Crippen molar-refractivity contribution in [2.24, 2.45) is 22.1 Å². The molecule has 2 aromatic rings. The summed E-state index contributed by atoms with van der Waals surface area (Å²) >= 11 is 6.45. The lowest BCUT2D eigenvalue weighted by atomic mass is 9.68. The minimum Gasteiger partial charge on any atom is -0.490 e. The number of rotatable bonds is 3. The Balaban J connectivity index is 1.27. The number of carbonyl (C=O) groups is 2. The highest BCUT2D eigenvalue weighted by Crippen LogP contribution is 2.47. The van der Waals surface area contributed by atoms with Crippen LogP contribution in [0.5, 0.6) is 5.75 Å². The molecule has 3 amide bonds. The van der Waals surface area contributed by atoms with Crippen molar-refractivity contribution in [3.8, 4) is 5.75 Å². The van der Waals surface area contributed by atoms with E-state index in [2.05, 4.69) is 43.6 Å². The number of halogens is 1. The summed E-state index contributed by atoms with van der Waals surface area (Å²) in [6.07, 6.45) is 11.0. The van der Waals surface area contributed by atoms with E-state index in [0.29, 0.717) is 56.4 Å². The Morgan fingerprint density at radius 1 is 1.18 bits per heavy atom. The number of aryl methyl sites for hydroxylation is 1. The van der Waals surface area contributed by atoms with Crippen LogP contribution >= 0.6 is 11.6 Å². The second-order valence-corrected chi connectivity index (χ2v) is 17.6. The molecule has 2 bridgehead atoms. The van der Waals surface area contributed by atoms with Crippen LogP contribution in [0.3, 0.4) is 0 Å². The number of methoxy groups -OCH3 is 1. The topological polar surface area (TPSA) is 130 Å². The molecule has 2 aliphatic heterocycles. The maximum atomic E-state index is 14.4. The average molecular weight is 725 g/mol. The van der Waals surface area contributed by atoms with Crippen molar-refractivity contribution in [2.45, 2.75) is 88.4 Å². The van der Waals surface area contributed by atoms with Crippen LogP contribution in [0.15, 0.2) is 52.9 Å². The molecule has 50 heavy (non-hydrogen) atoms. The van der Waals surface area contributed by atoms with Crippen molar-refractivity contribution in [2.75, 3.05) is 37.5 Å². The predicted octanol–water partition coefficient (Wildman–Crippen LogP) is 6.19. The second-order valence-electron chi connectivity index (χ2n) is 15.2. The molecule has 10 nitrogen and oxygen atoms in total. The number of urea groups is 1. The zero-order valence-corrected chi connectivity index (χ0v) is 30.5. The lowest BCUT2D eigenvalue weighted by Gasteiger charge is -2.46. The molecule has 8 atom stereocenters. The van der Waals surface area contributed by atoms with Gasteiger partial charge in [-0.05, 0) is 117 Å². The zero-order chi connectivity index (χ0) is 35.0. The number of hydrogen-bond acceptors (Lipinski definition) is 7. The average Bonchev–Trinajstić information content (AvgIpc) is 3.40. The van der Waals surface area contributed by atoms with E-state index < -0.39 is 28.0 Å². The maximum Gasteiger partial charge on any atom is 0.327 e. The van der Waals surface area contributed by atoms with Crippen molar-refractivity contribution >= 4 is 39.1 Å². The van der Waals surface area contributed by atoms with Crippen molar-refractivity contribution in [3.05, 3.63) is 70.3 Å². The number of fused-ring (bicyclic) bond motifs is 4. The molecule has 270 valence electrons. The molecule has 0 radical (unpaired) electrons. The van der Waals surface area contributed by atoms with Crippen molar-refractivity contribution in [3.63, 3.8) is 0 Å². The highest BCUT2D eigenvalue weighted by Gasteiger charge is 2.44. The minimum absolute atomic E-state index is 0.000381. The Labute approximate surface area is 300 Å². The van der Waals surface area contributed by atoms with Crippen molar-refractivity contribution < 1.29 is 28.4 Å². The highest BCUT2D eigenvalue weighted by atomic mass is 35.5. The SMILES string of the molecule is CO[C@H]1/C=C/C[C@H](C)C[S@@](=O)(NC(=O)N[C@@H]2CC[C@@H](O)C2)=NC(=O)c2ccc3c(c2)N(C[C@@H]2CC[C@H]21)C[C@@]1(CCCc2cc(Cl)ccc21)CO3. The van der Waals surface area contributed by atoms with E-state index in [-0.39, 0.29) is 34.8 Å². The van der Waals surface area contributed by atoms with Crippen LogP contribution in [0, 0.1) is 17.8 Å². The third-order valence-corrected chi connectivity index (χ3v) is 13.7. The van der Waals surface area contributed by atoms with Crippen LogP contribution < -0.4 is 19.7 Å². The van der Waals surface area contributed by atoms with Gasteiger partial charge < -0.3 is 24.8 Å². The Morgan fingerprint density at radius 2 is 2.04 bits per heavy atom. The molecule has 5 aliphatic rings. The molecule has 1 spiro atoms. The monoisotopic (exact) mass is 724 g/mol. The lowest BCUT2D eigenvalue weighted by Crippen LogP contribution is -2.49. The minimum atomic E-state index is -3.52. The molecule has 0 aromatic heterocycles. The Hall–Kier alpha value is -3.12. The number of allylic oxidation sites excluding steroid dienone is 1. The number of nitrogens with one attached hydrogen (secondary N) is 2. The Kier molecular flexibility index (Phi) is 10.2. The third-order valence-electron chi connectivity index (χ3n) is 11.5. The molecule has 3 aliphatic carbocycles. The molecule has 0 saturated heterocycles. The summed E-state index contributed by atoms with van der Waals surface area (Å²) in [5.74, 6) is 0.625. The number of benzene rings is 2. The van der Waals surface area contributed by atoms with Gasteiger partial charge in [-0.3, -0.25) is 9.52 Å². The molecule has 2 saturated carbocycles. The number of nitrogens with zero attached hydrogens (tertiary/aromatic N) is 2. The molecule has 12 heteroatoms. The standard InChI is InChI=1S/C38H49ClN4O6S/c1-24-5-3-7-34(48-2)31-13-8-27(31)20-43-22-38(16-4-6-25-17-28(39)10-14-32(25)38)23-49-35-15-9-26(18-33(35)43)36(45)41-50(47,21-24)42-37(46)40-29-11-12-30(44)19-29/h3,7,9-10,14-15,17-18,24,27,29-31,34,44H,4-6,8,11-13,16,19-23H2,1-2H3,(H2,40,41,42,45,46,47)/b7-3+/t24-,27-,29+,30+,31+,34-,38-,50-/m0/s1. The van der Waals surface area contributed by atoms with Gasteiger partial charge >= 0.3 is 6.03 Å². The predicted molar refractivity (Wildman–Crippen MR) is 195 cm³/mol. The van der Waals surface area contributed by atoms with Crippen LogP contribution in [-0.2, 0) is 26.5 Å².